The van der Waals surface area contributed by atoms with E-state index < -0.39 is 0 Å². The number of aliphatic hydroxyl groups excluding tert-OH is 1. The SMILES string of the molecule is CCN(CCCO)C1CCCC1C#N. The van der Waals surface area contributed by atoms with Crippen LogP contribution in [0.15, 0.2) is 0 Å². The number of hydrogen-bond acceptors (Lipinski definition) is 3. The molecule has 1 aliphatic carbocycles. The van der Waals surface area contributed by atoms with Crippen LogP contribution < -0.4 is 0 Å². The van der Waals surface area contributed by atoms with E-state index in [2.05, 4.69) is 17.9 Å². The van der Waals surface area contributed by atoms with Crippen molar-refractivity contribution in [3.63, 3.8) is 0 Å². The third-order valence-corrected chi connectivity index (χ3v) is 3.12. The van der Waals surface area contributed by atoms with Gasteiger partial charge in [0.15, 0.2) is 0 Å². The Hall–Kier alpha value is -0.590. The Morgan fingerprint density at radius 1 is 1.50 bits per heavy atom. The van der Waals surface area contributed by atoms with Crippen LogP contribution in [0.2, 0.25) is 0 Å². The minimum Gasteiger partial charge on any atom is -0.396 e. The molecule has 1 N–H and O–H groups in total. The molecule has 0 bridgehead atoms. The molecule has 0 aliphatic heterocycles. The van der Waals surface area contributed by atoms with Crippen LogP contribution in [0, 0.1) is 17.2 Å². The van der Waals surface area contributed by atoms with Crippen LogP contribution in [0.4, 0.5) is 0 Å². The van der Waals surface area contributed by atoms with E-state index in [-0.39, 0.29) is 12.5 Å². The lowest BCUT2D eigenvalue weighted by atomic mass is 10.0. The van der Waals surface area contributed by atoms with Crippen molar-refractivity contribution in [1.82, 2.24) is 4.90 Å². The van der Waals surface area contributed by atoms with Gasteiger partial charge in [-0.15, -0.1) is 0 Å². The van der Waals surface area contributed by atoms with Gasteiger partial charge in [0, 0.05) is 19.2 Å². The van der Waals surface area contributed by atoms with Gasteiger partial charge in [-0.05, 0) is 25.8 Å². The molecule has 1 aliphatic rings. The Labute approximate surface area is 86.3 Å². The first kappa shape index (κ1) is 11.5. The summed E-state index contributed by atoms with van der Waals surface area (Å²) >= 11 is 0. The average Bonchev–Trinajstić information content (AvgIpc) is 2.67. The quantitative estimate of drug-likeness (QED) is 0.722. The maximum atomic E-state index is 8.98. The number of nitriles is 1. The Morgan fingerprint density at radius 3 is 2.86 bits per heavy atom. The van der Waals surface area contributed by atoms with Crippen molar-refractivity contribution in [3.05, 3.63) is 0 Å². The third-order valence-electron chi connectivity index (χ3n) is 3.12. The first-order chi connectivity index (χ1) is 6.83. The highest BCUT2D eigenvalue weighted by Crippen LogP contribution is 2.29. The van der Waals surface area contributed by atoms with Crippen LogP contribution >= 0.6 is 0 Å². The molecule has 3 heteroatoms. The molecule has 0 amide bonds. The first-order valence-electron chi connectivity index (χ1n) is 5.58. The van der Waals surface area contributed by atoms with Gasteiger partial charge in [0.05, 0.1) is 12.0 Å². The van der Waals surface area contributed by atoms with Gasteiger partial charge in [0.25, 0.3) is 0 Å². The van der Waals surface area contributed by atoms with E-state index in [0.29, 0.717) is 6.04 Å². The fraction of sp³-hybridized carbons (Fsp3) is 0.909. The molecule has 0 aromatic carbocycles. The van der Waals surface area contributed by atoms with Crippen molar-refractivity contribution < 1.29 is 5.11 Å². The summed E-state index contributed by atoms with van der Waals surface area (Å²) in [7, 11) is 0. The smallest absolute Gasteiger partial charge is 0.0672 e. The highest BCUT2D eigenvalue weighted by molar-refractivity contribution is 4.97. The van der Waals surface area contributed by atoms with Crippen molar-refractivity contribution in [2.45, 2.75) is 38.6 Å². The van der Waals surface area contributed by atoms with Crippen LogP contribution in [0.3, 0.4) is 0 Å². The highest BCUT2D eigenvalue weighted by Gasteiger charge is 2.30. The molecule has 1 rings (SSSR count). The zero-order valence-electron chi connectivity index (χ0n) is 8.95. The molecule has 0 aromatic rings. The van der Waals surface area contributed by atoms with Crippen molar-refractivity contribution in [3.8, 4) is 6.07 Å². The third kappa shape index (κ3) is 2.70. The van der Waals surface area contributed by atoms with E-state index in [1.165, 1.54) is 6.42 Å². The summed E-state index contributed by atoms with van der Waals surface area (Å²) in [6, 6.07) is 2.84. The van der Waals surface area contributed by atoms with Gasteiger partial charge in [-0.25, -0.2) is 0 Å². The van der Waals surface area contributed by atoms with Crippen molar-refractivity contribution in [2.75, 3.05) is 19.7 Å². The molecule has 0 aromatic heterocycles. The van der Waals surface area contributed by atoms with Crippen LogP contribution in [-0.4, -0.2) is 35.7 Å². The number of hydrogen-bond donors (Lipinski definition) is 1. The second kappa shape index (κ2) is 6.00. The van der Waals surface area contributed by atoms with Crippen LogP contribution in [0.1, 0.15) is 32.6 Å². The van der Waals surface area contributed by atoms with E-state index in [1.54, 1.807) is 0 Å². The summed E-state index contributed by atoms with van der Waals surface area (Å²) in [4.78, 5) is 2.34. The van der Waals surface area contributed by atoms with Gasteiger partial charge >= 0.3 is 0 Å². The van der Waals surface area contributed by atoms with Gasteiger partial charge in [0.2, 0.25) is 0 Å². The van der Waals surface area contributed by atoms with Crippen LogP contribution in [-0.2, 0) is 0 Å². The molecule has 0 saturated heterocycles. The standard InChI is InChI=1S/C11H20N2O/c1-2-13(7-4-8-14)11-6-3-5-10(11)9-12/h10-11,14H,2-8H2,1H3. The number of rotatable bonds is 5. The van der Waals surface area contributed by atoms with Gasteiger partial charge in [-0.2, -0.15) is 5.26 Å². The van der Waals surface area contributed by atoms with E-state index in [0.717, 1.165) is 32.4 Å². The molecular formula is C11H20N2O. The molecule has 1 saturated carbocycles. The topological polar surface area (TPSA) is 47.3 Å². The van der Waals surface area contributed by atoms with E-state index in [1.807, 2.05) is 0 Å². The van der Waals surface area contributed by atoms with E-state index in [9.17, 15) is 0 Å². The summed E-state index contributed by atoms with van der Waals surface area (Å²) in [6.45, 7) is 4.29. The minimum atomic E-state index is 0.216. The number of nitrogens with zero attached hydrogens (tertiary/aromatic N) is 2. The molecule has 0 radical (unpaired) electrons. The average molecular weight is 196 g/mol. The van der Waals surface area contributed by atoms with Crippen molar-refractivity contribution in [1.29, 1.82) is 5.26 Å². The lowest BCUT2D eigenvalue weighted by Crippen LogP contribution is -2.38. The van der Waals surface area contributed by atoms with Crippen LogP contribution in [0.25, 0.3) is 0 Å². The van der Waals surface area contributed by atoms with Gasteiger partial charge in [0.1, 0.15) is 0 Å². The zero-order chi connectivity index (χ0) is 10.4. The molecule has 80 valence electrons. The second-order valence-electron chi connectivity index (χ2n) is 3.94. The lowest BCUT2D eigenvalue weighted by Gasteiger charge is -2.29. The molecule has 1 fully saturated rings. The zero-order valence-corrected chi connectivity index (χ0v) is 8.95. The normalized spacial score (nSPS) is 26.7. The summed E-state index contributed by atoms with van der Waals surface area (Å²) in [6.07, 6.45) is 4.20. The van der Waals surface area contributed by atoms with E-state index in [4.69, 9.17) is 10.4 Å². The lowest BCUT2D eigenvalue weighted by molar-refractivity contribution is 0.167. The number of aliphatic hydroxyl groups is 1. The summed E-state index contributed by atoms with van der Waals surface area (Å²) in [5.74, 6) is 0.216. The van der Waals surface area contributed by atoms with Crippen LogP contribution in [0.5, 0.6) is 0 Å². The molecule has 14 heavy (non-hydrogen) atoms. The molecule has 2 unspecified atom stereocenters. The molecule has 2 atom stereocenters. The molecule has 0 heterocycles. The molecule has 3 nitrogen and oxygen atoms in total. The molecule has 0 spiro atoms. The minimum absolute atomic E-state index is 0.216. The summed E-state index contributed by atoms with van der Waals surface area (Å²) in [5, 5.41) is 17.8. The van der Waals surface area contributed by atoms with Crippen molar-refractivity contribution >= 4 is 0 Å². The Balaban J connectivity index is 2.46. The van der Waals surface area contributed by atoms with Gasteiger partial charge in [-0.3, -0.25) is 4.90 Å². The fourth-order valence-electron chi connectivity index (χ4n) is 2.36. The highest BCUT2D eigenvalue weighted by atomic mass is 16.3. The van der Waals surface area contributed by atoms with Gasteiger partial charge < -0.3 is 5.11 Å². The second-order valence-corrected chi connectivity index (χ2v) is 3.94. The maximum Gasteiger partial charge on any atom is 0.0672 e. The van der Waals surface area contributed by atoms with Gasteiger partial charge in [-0.1, -0.05) is 13.3 Å². The largest absolute Gasteiger partial charge is 0.396 e. The Morgan fingerprint density at radius 2 is 2.29 bits per heavy atom. The summed E-state index contributed by atoms with van der Waals surface area (Å²) in [5.41, 5.74) is 0. The summed E-state index contributed by atoms with van der Waals surface area (Å²) < 4.78 is 0. The predicted octanol–water partition coefficient (Wildman–Crippen LogP) is 1.38. The maximum absolute atomic E-state index is 8.98. The molecular weight excluding hydrogens is 176 g/mol. The van der Waals surface area contributed by atoms with Crippen molar-refractivity contribution in [2.24, 2.45) is 5.92 Å². The first-order valence-corrected chi connectivity index (χ1v) is 5.58. The Bertz CT molecular complexity index is 200. The predicted molar refractivity (Wildman–Crippen MR) is 55.7 cm³/mol. The monoisotopic (exact) mass is 196 g/mol. The Kier molecular flexibility index (Phi) is 4.92. The van der Waals surface area contributed by atoms with E-state index >= 15 is 0 Å². The fourth-order valence-corrected chi connectivity index (χ4v) is 2.36.